The topological polar surface area (TPSA) is 0 Å². The second kappa shape index (κ2) is 13.1. The van der Waals surface area contributed by atoms with Gasteiger partial charge in [0.2, 0.25) is 0 Å². The SMILES string of the molecule is CCCCC1CCC(C2CCC(/C=C/C3CCC(CCc4ccc(F)cc4)CC3)CC2)CC1. The van der Waals surface area contributed by atoms with Crippen molar-refractivity contribution >= 4 is 0 Å². The molecule has 3 aliphatic rings. The van der Waals surface area contributed by atoms with Gasteiger partial charge in [-0.1, -0.05) is 63.3 Å². The second-order valence-electron chi connectivity index (χ2n) is 11.9. The summed E-state index contributed by atoms with van der Waals surface area (Å²) in [6.45, 7) is 2.33. The maximum Gasteiger partial charge on any atom is 0.123 e. The molecule has 0 atom stereocenters. The van der Waals surface area contributed by atoms with Gasteiger partial charge in [-0.05, 0) is 130 Å². The molecule has 3 saturated carbocycles. The molecule has 0 heterocycles. The lowest BCUT2D eigenvalue weighted by atomic mass is 9.68. The number of aryl methyl sites for hydroxylation is 1. The molecule has 0 nitrogen and oxygen atoms in total. The highest BCUT2D eigenvalue weighted by atomic mass is 19.1. The molecule has 4 rings (SSSR count). The van der Waals surface area contributed by atoms with Crippen LogP contribution in [0.25, 0.3) is 0 Å². The highest BCUT2D eigenvalue weighted by Crippen LogP contribution is 2.43. The Morgan fingerprint density at radius 2 is 1.15 bits per heavy atom. The molecular weight excluding hydrogens is 403 g/mol. The van der Waals surface area contributed by atoms with Crippen LogP contribution in [0.1, 0.15) is 115 Å². The Morgan fingerprint density at radius 3 is 1.73 bits per heavy atom. The van der Waals surface area contributed by atoms with Crippen LogP contribution in [0.2, 0.25) is 0 Å². The second-order valence-corrected chi connectivity index (χ2v) is 11.9. The molecule has 0 amide bonds. The first-order valence-electron chi connectivity index (χ1n) is 14.6. The highest BCUT2D eigenvalue weighted by Gasteiger charge is 2.30. The monoisotopic (exact) mass is 452 g/mol. The van der Waals surface area contributed by atoms with Crippen molar-refractivity contribution in [3.63, 3.8) is 0 Å². The number of hydrogen-bond donors (Lipinski definition) is 0. The Bertz CT molecular complexity index is 680. The van der Waals surface area contributed by atoms with Crippen LogP contribution in [-0.4, -0.2) is 0 Å². The van der Waals surface area contributed by atoms with E-state index in [9.17, 15) is 4.39 Å². The van der Waals surface area contributed by atoms with Crippen LogP contribution in [0.5, 0.6) is 0 Å². The standard InChI is InChI=1S/C32H49F/c1-2-3-4-25-13-19-30(20-14-25)31-21-15-28(16-22-31)11-9-26-5-7-27(8-6-26)10-12-29-17-23-32(33)24-18-29/h9,11,17-18,23-28,30-31H,2-8,10,12-16,19-22H2,1H3/b11-9+. The fourth-order valence-electron chi connectivity index (χ4n) is 7.26. The third kappa shape index (κ3) is 7.97. The molecule has 0 unspecified atom stereocenters. The number of hydrogen-bond acceptors (Lipinski definition) is 0. The number of rotatable bonds is 9. The van der Waals surface area contributed by atoms with Crippen molar-refractivity contribution in [2.75, 3.05) is 0 Å². The van der Waals surface area contributed by atoms with Crippen molar-refractivity contribution in [1.29, 1.82) is 0 Å². The number of benzene rings is 1. The minimum absolute atomic E-state index is 0.121. The van der Waals surface area contributed by atoms with E-state index in [-0.39, 0.29) is 5.82 Å². The molecule has 33 heavy (non-hydrogen) atoms. The van der Waals surface area contributed by atoms with Gasteiger partial charge >= 0.3 is 0 Å². The molecule has 0 spiro atoms. The molecule has 0 N–H and O–H groups in total. The Morgan fingerprint density at radius 1 is 0.667 bits per heavy atom. The fraction of sp³-hybridized carbons (Fsp3) is 0.750. The first-order valence-corrected chi connectivity index (χ1v) is 14.6. The quantitative estimate of drug-likeness (QED) is 0.327. The zero-order chi connectivity index (χ0) is 22.9. The lowest BCUT2D eigenvalue weighted by Crippen LogP contribution is -2.25. The van der Waals surface area contributed by atoms with Crippen LogP contribution in [0.15, 0.2) is 36.4 Å². The predicted octanol–water partition coefficient (Wildman–Crippen LogP) is 9.92. The summed E-state index contributed by atoms with van der Waals surface area (Å²) in [5.74, 6) is 5.58. The van der Waals surface area contributed by atoms with E-state index in [4.69, 9.17) is 0 Å². The molecule has 0 radical (unpaired) electrons. The molecule has 0 aromatic heterocycles. The van der Waals surface area contributed by atoms with Gasteiger partial charge in [0.25, 0.3) is 0 Å². The number of unbranched alkanes of at least 4 members (excludes halogenated alkanes) is 1. The van der Waals surface area contributed by atoms with Crippen molar-refractivity contribution in [1.82, 2.24) is 0 Å². The normalized spacial score (nSPS) is 33.4. The smallest absolute Gasteiger partial charge is 0.123 e. The van der Waals surface area contributed by atoms with Crippen molar-refractivity contribution in [3.05, 3.63) is 47.8 Å². The summed E-state index contributed by atoms with van der Waals surface area (Å²) >= 11 is 0. The van der Waals surface area contributed by atoms with Gasteiger partial charge in [0.15, 0.2) is 0 Å². The summed E-state index contributed by atoms with van der Waals surface area (Å²) in [6, 6.07) is 7.11. The van der Waals surface area contributed by atoms with Gasteiger partial charge in [-0.25, -0.2) is 4.39 Å². The summed E-state index contributed by atoms with van der Waals surface area (Å²) < 4.78 is 13.1. The van der Waals surface area contributed by atoms with E-state index >= 15 is 0 Å². The fourth-order valence-corrected chi connectivity index (χ4v) is 7.26. The molecule has 3 aliphatic carbocycles. The molecule has 0 bridgehead atoms. The summed E-state index contributed by atoms with van der Waals surface area (Å²) in [5.41, 5.74) is 1.29. The molecule has 184 valence electrons. The van der Waals surface area contributed by atoms with Crippen LogP contribution in [-0.2, 0) is 6.42 Å². The highest BCUT2D eigenvalue weighted by molar-refractivity contribution is 5.16. The molecule has 1 heteroatoms. The first-order chi connectivity index (χ1) is 16.2. The lowest BCUT2D eigenvalue weighted by molar-refractivity contribution is 0.151. The lowest BCUT2D eigenvalue weighted by Gasteiger charge is -2.37. The van der Waals surface area contributed by atoms with Gasteiger partial charge in [-0.2, -0.15) is 0 Å². The summed E-state index contributed by atoms with van der Waals surface area (Å²) in [4.78, 5) is 0. The van der Waals surface area contributed by atoms with Crippen LogP contribution in [0.3, 0.4) is 0 Å². The Hall–Kier alpha value is -1.11. The summed E-state index contributed by atoms with van der Waals surface area (Å²) in [5, 5.41) is 0. The van der Waals surface area contributed by atoms with Gasteiger partial charge in [0.05, 0.1) is 0 Å². The van der Waals surface area contributed by atoms with Crippen LogP contribution in [0, 0.1) is 41.3 Å². The van der Waals surface area contributed by atoms with Gasteiger partial charge in [0.1, 0.15) is 5.82 Å². The van der Waals surface area contributed by atoms with E-state index in [1.807, 2.05) is 12.1 Å². The minimum Gasteiger partial charge on any atom is -0.207 e. The molecular formula is C32H49F. The van der Waals surface area contributed by atoms with Crippen LogP contribution >= 0.6 is 0 Å². The first kappa shape index (κ1) is 25.0. The molecule has 3 fully saturated rings. The van der Waals surface area contributed by atoms with E-state index < -0.39 is 0 Å². The predicted molar refractivity (Wildman–Crippen MR) is 140 cm³/mol. The van der Waals surface area contributed by atoms with Gasteiger partial charge in [0, 0.05) is 0 Å². The number of halogens is 1. The Balaban J connectivity index is 1.09. The van der Waals surface area contributed by atoms with E-state index in [1.165, 1.54) is 108 Å². The minimum atomic E-state index is -0.121. The van der Waals surface area contributed by atoms with Gasteiger partial charge < -0.3 is 0 Å². The average Bonchev–Trinajstić information content (AvgIpc) is 2.87. The zero-order valence-corrected chi connectivity index (χ0v) is 21.3. The maximum absolute atomic E-state index is 13.1. The molecule has 0 aliphatic heterocycles. The van der Waals surface area contributed by atoms with Crippen molar-refractivity contribution < 1.29 is 4.39 Å². The largest absolute Gasteiger partial charge is 0.207 e. The third-order valence-corrected chi connectivity index (χ3v) is 9.64. The third-order valence-electron chi connectivity index (χ3n) is 9.64. The van der Waals surface area contributed by atoms with Crippen molar-refractivity contribution in [2.45, 2.75) is 116 Å². The Kier molecular flexibility index (Phi) is 9.93. The van der Waals surface area contributed by atoms with E-state index in [1.54, 1.807) is 12.1 Å². The molecule has 0 saturated heterocycles. The Labute approximate surface area is 203 Å². The number of allylic oxidation sites excluding steroid dienone is 2. The molecule has 1 aromatic rings. The maximum atomic E-state index is 13.1. The van der Waals surface area contributed by atoms with Gasteiger partial charge in [-0.3, -0.25) is 0 Å². The van der Waals surface area contributed by atoms with E-state index in [0.29, 0.717) is 0 Å². The summed E-state index contributed by atoms with van der Waals surface area (Å²) in [6.07, 6.45) is 29.4. The van der Waals surface area contributed by atoms with Crippen LogP contribution < -0.4 is 0 Å². The summed E-state index contributed by atoms with van der Waals surface area (Å²) in [7, 11) is 0. The van der Waals surface area contributed by atoms with Gasteiger partial charge in [-0.15, -0.1) is 0 Å². The van der Waals surface area contributed by atoms with E-state index in [2.05, 4.69) is 19.1 Å². The van der Waals surface area contributed by atoms with Crippen LogP contribution in [0.4, 0.5) is 4.39 Å². The van der Waals surface area contributed by atoms with Crippen molar-refractivity contribution in [2.24, 2.45) is 35.5 Å². The van der Waals surface area contributed by atoms with Crippen molar-refractivity contribution in [3.8, 4) is 0 Å². The average molecular weight is 453 g/mol. The molecule has 1 aromatic carbocycles. The zero-order valence-electron chi connectivity index (χ0n) is 21.3. The van der Waals surface area contributed by atoms with E-state index in [0.717, 1.165) is 41.9 Å².